The first-order chi connectivity index (χ1) is 14.4. The van der Waals surface area contributed by atoms with Crippen LogP contribution in [0.15, 0.2) is 36.5 Å². The zero-order valence-corrected chi connectivity index (χ0v) is 17.3. The summed E-state index contributed by atoms with van der Waals surface area (Å²) in [5, 5.41) is 12.7. The van der Waals surface area contributed by atoms with E-state index in [1.807, 2.05) is 24.2 Å². The van der Waals surface area contributed by atoms with Crippen LogP contribution in [0.1, 0.15) is 36.5 Å². The lowest BCUT2D eigenvalue weighted by molar-refractivity contribution is -0.129. The zero-order chi connectivity index (χ0) is 21.3. The number of piperidine rings is 1. The molecular weight excluding hydrogens is 379 g/mol. The quantitative estimate of drug-likeness (QED) is 0.833. The van der Waals surface area contributed by atoms with Crippen LogP contribution in [0, 0.1) is 17.1 Å². The van der Waals surface area contributed by atoms with Crippen molar-refractivity contribution in [2.24, 2.45) is 0 Å². The molecule has 4 rings (SSSR count). The van der Waals surface area contributed by atoms with Crippen LogP contribution in [-0.4, -0.2) is 41.9 Å². The second-order valence-electron chi connectivity index (χ2n) is 8.05. The maximum atomic E-state index is 14.2. The highest BCUT2D eigenvalue weighted by Gasteiger charge is 2.23. The molecule has 2 heterocycles. The van der Waals surface area contributed by atoms with Gasteiger partial charge in [-0.1, -0.05) is 6.07 Å². The average molecular weight is 404 g/mol. The first-order valence-corrected chi connectivity index (χ1v) is 10.2. The molecule has 1 amide bonds. The maximum Gasteiger partial charge on any atom is 0.219 e. The molecule has 0 unspecified atom stereocenters. The monoisotopic (exact) mass is 404 g/mol. The Morgan fingerprint density at radius 3 is 2.63 bits per heavy atom. The molecule has 5 nitrogen and oxygen atoms in total. The van der Waals surface area contributed by atoms with Crippen molar-refractivity contribution in [3.05, 3.63) is 59.0 Å². The van der Waals surface area contributed by atoms with Crippen molar-refractivity contribution in [3.63, 3.8) is 0 Å². The van der Waals surface area contributed by atoms with E-state index in [-0.39, 0.29) is 17.5 Å². The fourth-order valence-corrected chi connectivity index (χ4v) is 4.17. The van der Waals surface area contributed by atoms with Crippen LogP contribution in [0.2, 0.25) is 0 Å². The minimum Gasteiger partial charge on any atom is -0.382 e. The van der Waals surface area contributed by atoms with Gasteiger partial charge in [-0.2, -0.15) is 5.26 Å². The predicted octanol–water partition coefficient (Wildman–Crippen LogP) is 4.20. The molecule has 6 heteroatoms. The van der Waals surface area contributed by atoms with Crippen molar-refractivity contribution in [1.82, 2.24) is 9.80 Å². The van der Waals surface area contributed by atoms with Gasteiger partial charge in [0.2, 0.25) is 5.91 Å². The van der Waals surface area contributed by atoms with Crippen molar-refractivity contribution in [3.8, 4) is 17.2 Å². The van der Waals surface area contributed by atoms with Gasteiger partial charge in [-0.3, -0.25) is 4.79 Å². The van der Waals surface area contributed by atoms with Crippen LogP contribution in [0.3, 0.4) is 0 Å². The summed E-state index contributed by atoms with van der Waals surface area (Å²) < 4.78 is 14.2. The normalized spacial score (nSPS) is 16.2. The van der Waals surface area contributed by atoms with Gasteiger partial charge in [0.1, 0.15) is 11.9 Å². The second-order valence-corrected chi connectivity index (χ2v) is 8.05. The summed E-state index contributed by atoms with van der Waals surface area (Å²) in [6.45, 7) is 3.93. The van der Waals surface area contributed by atoms with E-state index in [9.17, 15) is 9.18 Å². The van der Waals surface area contributed by atoms with Crippen LogP contribution in [0.25, 0.3) is 17.2 Å². The Kier molecular flexibility index (Phi) is 5.45. The van der Waals surface area contributed by atoms with Gasteiger partial charge in [0.05, 0.1) is 5.56 Å². The molecule has 0 saturated carbocycles. The lowest BCUT2D eigenvalue weighted by Gasteiger charge is -2.33. The molecule has 0 bridgehead atoms. The van der Waals surface area contributed by atoms with E-state index in [2.05, 4.69) is 28.4 Å². The summed E-state index contributed by atoms with van der Waals surface area (Å²) in [6, 6.07) is 11.0. The summed E-state index contributed by atoms with van der Waals surface area (Å²) in [6.07, 6.45) is 5.91. The molecule has 154 valence electrons. The van der Waals surface area contributed by atoms with Gasteiger partial charge < -0.3 is 15.1 Å². The number of benzene rings is 2. The van der Waals surface area contributed by atoms with Crippen LogP contribution in [0.4, 0.5) is 10.1 Å². The van der Waals surface area contributed by atoms with E-state index in [4.69, 9.17) is 5.26 Å². The van der Waals surface area contributed by atoms with Crippen LogP contribution in [0.5, 0.6) is 0 Å². The van der Waals surface area contributed by atoms with Crippen LogP contribution in [-0.2, 0) is 11.3 Å². The average Bonchev–Trinajstić information content (AvgIpc) is 2.74. The topological polar surface area (TPSA) is 59.4 Å². The number of hydrogen-bond acceptors (Lipinski definition) is 4. The zero-order valence-electron chi connectivity index (χ0n) is 17.3. The summed E-state index contributed by atoms with van der Waals surface area (Å²) in [5.41, 5.74) is 5.08. The molecular formula is C24H25FN4O. The fourth-order valence-electron chi connectivity index (χ4n) is 4.17. The minimum absolute atomic E-state index is 0.0498. The molecule has 0 aromatic heterocycles. The number of carbonyl (C=O) groups is 1. The van der Waals surface area contributed by atoms with Crippen molar-refractivity contribution in [2.45, 2.75) is 32.4 Å². The van der Waals surface area contributed by atoms with Gasteiger partial charge in [0.25, 0.3) is 0 Å². The highest BCUT2D eigenvalue weighted by Crippen LogP contribution is 2.34. The van der Waals surface area contributed by atoms with Crippen molar-refractivity contribution in [2.75, 3.05) is 25.5 Å². The summed E-state index contributed by atoms with van der Waals surface area (Å²) in [7, 11) is 2.04. The third kappa shape index (κ3) is 4.02. The van der Waals surface area contributed by atoms with Crippen molar-refractivity contribution in [1.29, 1.82) is 5.26 Å². The predicted molar refractivity (Wildman–Crippen MR) is 116 cm³/mol. The van der Waals surface area contributed by atoms with Crippen LogP contribution < -0.4 is 5.32 Å². The van der Waals surface area contributed by atoms with E-state index >= 15 is 0 Å². The van der Waals surface area contributed by atoms with E-state index in [1.54, 1.807) is 13.0 Å². The van der Waals surface area contributed by atoms with Gasteiger partial charge >= 0.3 is 0 Å². The van der Waals surface area contributed by atoms with Gasteiger partial charge in [0, 0.05) is 50.9 Å². The highest BCUT2D eigenvalue weighted by molar-refractivity contribution is 5.77. The van der Waals surface area contributed by atoms with E-state index < -0.39 is 5.82 Å². The van der Waals surface area contributed by atoms with E-state index in [1.165, 1.54) is 17.7 Å². The molecule has 2 aliphatic heterocycles. The minimum atomic E-state index is -0.505. The smallest absolute Gasteiger partial charge is 0.219 e. The Labute approximate surface area is 176 Å². The molecule has 0 spiro atoms. The SMILES string of the molecule is CC(=O)N1CCC(Nc2cc(-c3ccc(C#N)c(F)c3)cc3c2CN(C)C=C3)CC1. The van der Waals surface area contributed by atoms with E-state index in [0.29, 0.717) is 0 Å². The van der Waals surface area contributed by atoms with Gasteiger partial charge in [-0.25, -0.2) is 4.39 Å². The van der Waals surface area contributed by atoms with E-state index in [0.717, 1.165) is 54.9 Å². The molecule has 1 saturated heterocycles. The second kappa shape index (κ2) is 8.19. The van der Waals surface area contributed by atoms with Crippen molar-refractivity contribution >= 4 is 17.7 Å². The third-order valence-electron chi connectivity index (χ3n) is 5.92. The lowest BCUT2D eigenvalue weighted by atomic mass is 9.94. The number of amides is 1. The Hall–Kier alpha value is -3.33. The Bertz CT molecular complexity index is 1050. The Morgan fingerprint density at radius 1 is 1.20 bits per heavy atom. The number of nitrogens with zero attached hydrogens (tertiary/aromatic N) is 3. The van der Waals surface area contributed by atoms with Gasteiger partial charge in [-0.15, -0.1) is 0 Å². The van der Waals surface area contributed by atoms with Crippen LogP contribution >= 0.6 is 0 Å². The first-order valence-electron chi connectivity index (χ1n) is 10.2. The molecule has 2 aliphatic rings. The number of nitrogens with one attached hydrogen (secondary N) is 1. The number of hydrogen-bond donors (Lipinski definition) is 1. The molecule has 1 fully saturated rings. The Balaban J connectivity index is 1.66. The molecule has 2 aromatic carbocycles. The standard InChI is InChI=1S/C24H25FN4O/c1-16(30)29-9-6-21(7-10-29)27-24-13-20(11-18-5-8-28(2)15-22(18)24)17-3-4-19(14-26)23(25)12-17/h3-5,8,11-13,21,27H,6-7,9-10,15H2,1-2H3. The fraction of sp³-hybridized carbons (Fsp3) is 0.333. The van der Waals surface area contributed by atoms with Gasteiger partial charge in [0.15, 0.2) is 0 Å². The van der Waals surface area contributed by atoms with Gasteiger partial charge in [-0.05, 0) is 66.1 Å². The third-order valence-corrected chi connectivity index (χ3v) is 5.92. The summed E-state index contributed by atoms with van der Waals surface area (Å²) in [4.78, 5) is 15.6. The lowest BCUT2D eigenvalue weighted by Crippen LogP contribution is -2.41. The molecule has 1 N–H and O–H groups in total. The van der Waals surface area contributed by atoms with Crippen molar-refractivity contribution < 1.29 is 9.18 Å². The number of rotatable bonds is 3. The number of nitriles is 1. The number of carbonyl (C=O) groups excluding carboxylic acids is 1. The highest BCUT2D eigenvalue weighted by atomic mass is 19.1. The number of likely N-dealkylation sites (tertiary alicyclic amines) is 1. The summed E-state index contributed by atoms with van der Waals surface area (Å²) in [5.74, 6) is -0.378. The molecule has 30 heavy (non-hydrogen) atoms. The number of anilines is 1. The first kappa shape index (κ1) is 20.0. The number of halogens is 1. The summed E-state index contributed by atoms with van der Waals surface area (Å²) >= 11 is 0. The Morgan fingerprint density at radius 2 is 1.97 bits per heavy atom. The largest absolute Gasteiger partial charge is 0.382 e. The molecule has 0 atom stereocenters. The molecule has 2 aromatic rings. The molecule has 0 aliphatic carbocycles. The maximum absolute atomic E-state index is 14.2. The number of fused-ring (bicyclic) bond motifs is 1. The molecule has 0 radical (unpaired) electrons.